The van der Waals surface area contributed by atoms with Gasteiger partial charge in [0, 0.05) is 13.0 Å². The standard InChI is InChI=1S/C12H24N2O3.ClH/c1-12(2,13)11(16)14-9-7-5-4-6-8-10(15)17-3;/h4-9,13H2,1-3H3,(H,14,16);1H. The number of carbonyl (C=O) groups excluding carboxylic acids is 2. The number of nitrogens with one attached hydrogen (secondary N) is 1. The number of unbranched alkanes of at least 4 members (excludes halogenated alkanes) is 3. The highest BCUT2D eigenvalue weighted by Crippen LogP contribution is 2.03. The quantitative estimate of drug-likeness (QED) is 0.520. The van der Waals surface area contributed by atoms with Crippen molar-refractivity contribution >= 4 is 24.3 Å². The fraction of sp³-hybridized carbons (Fsp3) is 0.833. The van der Waals surface area contributed by atoms with Gasteiger partial charge in [-0.25, -0.2) is 0 Å². The fourth-order valence-corrected chi connectivity index (χ4v) is 1.28. The number of rotatable bonds is 8. The van der Waals surface area contributed by atoms with Gasteiger partial charge in [-0.3, -0.25) is 9.59 Å². The van der Waals surface area contributed by atoms with Gasteiger partial charge in [0.25, 0.3) is 0 Å². The lowest BCUT2D eigenvalue weighted by Gasteiger charge is -2.17. The van der Waals surface area contributed by atoms with Gasteiger partial charge in [0.1, 0.15) is 0 Å². The van der Waals surface area contributed by atoms with E-state index in [1.54, 1.807) is 13.8 Å². The average Bonchev–Trinajstić information content (AvgIpc) is 2.25. The Labute approximate surface area is 115 Å². The number of esters is 1. The maximum Gasteiger partial charge on any atom is 0.305 e. The molecule has 0 aliphatic heterocycles. The Bertz CT molecular complexity index is 252. The predicted molar refractivity (Wildman–Crippen MR) is 73.6 cm³/mol. The lowest BCUT2D eigenvalue weighted by molar-refractivity contribution is -0.140. The van der Waals surface area contributed by atoms with Gasteiger partial charge in [0.2, 0.25) is 5.91 Å². The Morgan fingerprint density at radius 2 is 1.72 bits per heavy atom. The SMILES string of the molecule is COC(=O)CCCCCCNC(=O)C(C)(C)N.Cl. The summed E-state index contributed by atoms with van der Waals surface area (Å²) in [5.41, 5.74) is 4.81. The molecule has 1 amide bonds. The first-order valence-electron chi connectivity index (χ1n) is 6.02. The minimum Gasteiger partial charge on any atom is -0.469 e. The van der Waals surface area contributed by atoms with E-state index in [0.29, 0.717) is 13.0 Å². The Kier molecular flexibility index (Phi) is 11.0. The van der Waals surface area contributed by atoms with Crippen LogP contribution < -0.4 is 11.1 Å². The first-order valence-corrected chi connectivity index (χ1v) is 6.02. The molecule has 0 rings (SSSR count). The van der Waals surface area contributed by atoms with Crippen LogP contribution in [0.25, 0.3) is 0 Å². The van der Waals surface area contributed by atoms with Crippen LogP contribution >= 0.6 is 12.4 Å². The van der Waals surface area contributed by atoms with Crippen molar-refractivity contribution < 1.29 is 14.3 Å². The zero-order valence-electron chi connectivity index (χ0n) is 11.5. The maximum absolute atomic E-state index is 11.4. The summed E-state index contributed by atoms with van der Waals surface area (Å²) in [5.74, 6) is -0.296. The van der Waals surface area contributed by atoms with Crippen LogP contribution in [0.5, 0.6) is 0 Å². The van der Waals surface area contributed by atoms with Crippen LogP contribution in [0.1, 0.15) is 46.0 Å². The smallest absolute Gasteiger partial charge is 0.305 e. The molecule has 0 unspecified atom stereocenters. The maximum atomic E-state index is 11.4. The van der Waals surface area contributed by atoms with Crippen molar-refractivity contribution in [3.63, 3.8) is 0 Å². The molecule has 0 heterocycles. The number of nitrogens with two attached hydrogens (primary N) is 1. The summed E-state index contributed by atoms with van der Waals surface area (Å²) in [5, 5.41) is 2.78. The summed E-state index contributed by atoms with van der Waals surface area (Å²) < 4.78 is 4.54. The molecule has 108 valence electrons. The molecule has 0 spiro atoms. The van der Waals surface area contributed by atoms with Crippen molar-refractivity contribution in [2.24, 2.45) is 5.73 Å². The largest absolute Gasteiger partial charge is 0.469 e. The molecule has 0 saturated carbocycles. The Morgan fingerprint density at radius 1 is 1.17 bits per heavy atom. The van der Waals surface area contributed by atoms with Crippen molar-refractivity contribution in [2.75, 3.05) is 13.7 Å². The highest BCUT2D eigenvalue weighted by atomic mass is 35.5. The zero-order valence-corrected chi connectivity index (χ0v) is 12.3. The first kappa shape index (κ1) is 19.5. The van der Waals surface area contributed by atoms with Gasteiger partial charge < -0.3 is 15.8 Å². The number of hydrogen-bond acceptors (Lipinski definition) is 4. The molecule has 3 N–H and O–H groups in total. The number of hydrogen-bond donors (Lipinski definition) is 2. The van der Waals surface area contributed by atoms with Crippen LogP contribution in [0, 0.1) is 0 Å². The minimum atomic E-state index is -0.815. The second-order valence-electron chi connectivity index (χ2n) is 4.72. The molecule has 5 nitrogen and oxygen atoms in total. The van der Waals surface area contributed by atoms with Gasteiger partial charge >= 0.3 is 5.97 Å². The van der Waals surface area contributed by atoms with E-state index >= 15 is 0 Å². The molecular formula is C12H25ClN2O3. The van der Waals surface area contributed by atoms with E-state index in [0.717, 1.165) is 25.7 Å². The van der Waals surface area contributed by atoms with Crippen LogP contribution in [0.4, 0.5) is 0 Å². The highest BCUT2D eigenvalue weighted by Gasteiger charge is 2.20. The second kappa shape index (κ2) is 10.1. The van der Waals surface area contributed by atoms with Crippen LogP contribution in [0.3, 0.4) is 0 Å². The summed E-state index contributed by atoms with van der Waals surface area (Å²) in [6, 6.07) is 0. The highest BCUT2D eigenvalue weighted by molar-refractivity contribution is 5.85. The minimum absolute atomic E-state index is 0. The van der Waals surface area contributed by atoms with Crippen LogP contribution in [-0.2, 0) is 14.3 Å². The monoisotopic (exact) mass is 280 g/mol. The number of ether oxygens (including phenoxy) is 1. The van der Waals surface area contributed by atoms with Gasteiger partial charge in [0.05, 0.1) is 12.6 Å². The third-order valence-electron chi connectivity index (χ3n) is 2.41. The molecule has 0 atom stereocenters. The molecule has 6 heteroatoms. The summed E-state index contributed by atoms with van der Waals surface area (Å²) >= 11 is 0. The Hall–Kier alpha value is -0.810. The Balaban J connectivity index is 0. The van der Waals surface area contributed by atoms with E-state index in [2.05, 4.69) is 10.1 Å². The van der Waals surface area contributed by atoms with E-state index < -0.39 is 5.54 Å². The van der Waals surface area contributed by atoms with E-state index in [1.807, 2.05) is 0 Å². The van der Waals surface area contributed by atoms with Crippen molar-refractivity contribution in [1.82, 2.24) is 5.32 Å². The average molecular weight is 281 g/mol. The fourth-order valence-electron chi connectivity index (χ4n) is 1.28. The zero-order chi connectivity index (χ0) is 13.3. The van der Waals surface area contributed by atoms with Crippen molar-refractivity contribution in [3.8, 4) is 0 Å². The molecule has 0 aromatic carbocycles. The van der Waals surface area contributed by atoms with Crippen LogP contribution in [-0.4, -0.2) is 31.1 Å². The van der Waals surface area contributed by atoms with E-state index in [9.17, 15) is 9.59 Å². The number of methoxy groups -OCH3 is 1. The molecule has 0 saturated heterocycles. The lowest BCUT2D eigenvalue weighted by atomic mass is 10.1. The normalized spacial score (nSPS) is 10.4. The third kappa shape index (κ3) is 10.4. The van der Waals surface area contributed by atoms with Gasteiger partial charge in [-0.2, -0.15) is 0 Å². The molecule has 0 aliphatic carbocycles. The van der Waals surface area contributed by atoms with E-state index in [1.165, 1.54) is 7.11 Å². The summed E-state index contributed by atoms with van der Waals surface area (Å²) in [7, 11) is 1.40. The molecule has 0 fully saturated rings. The van der Waals surface area contributed by atoms with Crippen molar-refractivity contribution in [1.29, 1.82) is 0 Å². The summed E-state index contributed by atoms with van der Waals surface area (Å²) in [4.78, 5) is 22.2. The molecule has 18 heavy (non-hydrogen) atoms. The van der Waals surface area contributed by atoms with Crippen molar-refractivity contribution in [2.45, 2.75) is 51.5 Å². The first-order chi connectivity index (χ1) is 7.88. The number of amides is 1. The molecule has 0 aromatic heterocycles. The van der Waals surface area contributed by atoms with Gasteiger partial charge in [-0.05, 0) is 26.7 Å². The number of halogens is 1. The molecule has 0 aromatic rings. The van der Waals surface area contributed by atoms with Crippen molar-refractivity contribution in [3.05, 3.63) is 0 Å². The molecule has 0 bridgehead atoms. The van der Waals surface area contributed by atoms with Crippen LogP contribution in [0.15, 0.2) is 0 Å². The molecule has 0 aliphatic rings. The van der Waals surface area contributed by atoms with Gasteiger partial charge in [-0.15, -0.1) is 12.4 Å². The lowest BCUT2D eigenvalue weighted by Crippen LogP contribution is -2.49. The van der Waals surface area contributed by atoms with Gasteiger partial charge in [-0.1, -0.05) is 12.8 Å². The topological polar surface area (TPSA) is 81.4 Å². The summed E-state index contributed by atoms with van der Waals surface area (Å²) in [6.45, 7) is 4.00. The second-order valence-corrected chi connectivity index (χ2v) is 4.72. The molecule has 0 radical (unpaired) electrons. The van der Waals surface area contributed by atoms with Gasteiger partial charge in [0.15, 0.2) is 0 Å². The predicted octanol–water partition coefficient (Wildman–Crippen LogP) is 1.39. The number of carbonyl (C=O) groups is 2. The third-order valence-corrected chi connectivity index (χ3v) is 2.41. The van der Waals surface area contributed by atoms with E-state index in [4.69, 9.17) is 5.73 Å². The summed E-state index contributed by atoms with van der Waals surface area (Å²) in [6.07, 6.45) is 4.17. The van der Waals surface area contributed by atoms with E-state index in [-0.39, 0.29) is 24.3 Å². The molecular weight excluding hydrogens is 256 g/mol. The Morgan fingerprint density at radius 3 is 2.22 bits per heavy atom. The van der Waals surface area contributed by atoms with Crippen LogP contribution in [0.2, 0.25) is 0 Å².